The Kier molecular flexibility index (Phi) is 5.52. The average molecular weight is 314 g/mol. The highest BCUT2D eigenvalue weighted by Gasteiger charge is 2.22. The van der Waals surface area contributed by atoms with Crippen molar-refractivity contribution in [2.75, 3.05) is 38.1 Å². The molecule has 6 nitrogen and oxygen atoms in total. The molecule has 0 radical (unpaired) electrons. The molecule has 1 saturated heterocycles. The van der Waals surface area contributed by atoms with Crippen molar-refractivity contribution in [1.82, 2.24) is 15.1 Å². The Balaban J connectivity index is 1.48. The SMILES string of the molecule is O[C@H](CN1CCO[C@H](CNc2cccnn2)C1)c1ccccc1. The smallest absolute Gasteiger partial charge is 0.148 e. The number of nitrogens with one attached hydrogen (secondary N) is 1. The van der Waals surface area contributed by atoms with Crippen molar-refractivity contribution in [2.24, 2.45) is 0 Å². The zero-order valence-corrected chi connectivity index (χ0v) is 13.0. The summed E-state index contributed by atoms with van der Waals surface area (Å²) >= 11 is 0. The zero-order valence-electron chi connectivity index (χ0n) is 13.0. The van der Waals surface area contributed by atoms with Gasteiger partial charge >= 0.3 is 0 Å². The number of anilines is 1. The summed E-state index contributed by atoms with van der Waals surface area (Å²) in [5.41, 5.74) is 0.952. The second-order valence-electron chi connectivity index (χ2n) is 5.67. The van der Waals surface area contributed by atoms with E-state index in [1.54, 1.807) is 6.20 Å². The van der Waals surface area contributed by atoms with Crippen LogP contribution in [0, 0.1) is 0 Å². The van der Waals surface area contributed by atoms with Gasteiger partial charge in [0.2, 0.25) is 0 Å². The predicted octanol–water partition coefficient (Wildman–Crippen LogP) is 1.32. The summed E-state index contributed by atoms with van der Waals surface area (Å²) in [6.45, 7) is 3.60. The minimum Gasteiger partial charge on any atom is -0.387 e. The van der Waals surface area contributed by atoms with E-state index < -0.39 is 6.10 Å². The van der Waals surface area contributed by atoms with Gasteiger partial charge in [-0.3, -0.25) is 4.90 Å². The number of hydrogen-bond acceptors (Lipinski definition) is 6. The topological polar surface area (TPSA) is 70.5 Å². The van der Waals surface area contributed by atoms with Gasteiger partial charge in [0.15, 0.2) is 0 Å². The molecule has 2 heterocycles. The van der Waals surface area contributed by atoms with E-state index in [0.29, 0.717) is 19.7 Å². The minimum atomic E-state index is -0.470. The highest BCUT2D eigenvalue weighted by molar-refractivity contribution is 5.31. The van der Waals surface area contributed by atoms with Crippen LogP contribution in [-0.4, -0.2) is 59.1 Å². The van der Waals surface area contributed by atoms with E-state index in [1.165, 1.54) is 0 Å². The summed E-state index contributed by atoms with van der Waals surface area (Å²) in [7, 11) is 0. The molecule has 0 spiro atoms. The average Bonchev–Trinajstić information content (AvgIpc) is 2.62. The van der Waals surface area contributed by atoms with Gasteiger partial charge in [-0.1, -0.05) is 30.3 Å². The van der Waals surface area contributed by atoms with Crippen LogP contribution in [0.25, 0.3) is 0 Å². The maximum absolute atomic E-state index is 10.4. The number of ether oxygens (including phenoxy) is 1. The Hall–Kier alpha value is -2.02. The summed E-state index contributed by atoms with van der Waals surface area (Å²) in [6, 6.07) is 13.5. The van der Waals surface area contributed by atoms with Crippen LogP contribution in [0.15, 0.2) is 48.7 Å². The molecule has 1 aromatic carbocycles. The van der Waals surface area contributed by atoms with E-state index in [0.717, 1.165) is 24.5 Å². The Labute approximate surface area is 136 Å². The minimum absolute atomic E-state index is 0.0775. The van der Waals surface area contributed by atoms with Crippen molar-refractivity contribution < 1.29 is 9.84 Å². The molecule has 2 aromatic rings. The van der Waals surface area contributed by atoms with E-state index in [4.69, 9.17) is 4.74 Å². The molecule has 1 aliphatic heterocycles. The van der Waals surface area contributed by atoms with Gasteiger partial charge in [0.25, 0.3) is 0 Å². The number of nitrogens with zero attached hydrogens (tertiary/aromatic N) is 3. The molecule has 6 heteroatoms. The van der Waals surface area contributed by atoms with E-state index in [2.05, 4.69) is 20.4 Å². The number of morpholine rings is 1. The standard InChI is InChI=1S/C17H22N4O2/c22-16(14-5-2-1-3-6-14)13-21-9-10-23-15(12-21)11-18-17-7-4-8-19-20-17/h1-8,15-16,22H,9-13H2,(H,18,20)/t15-,16-/m1/s1. The van der Waals surface area contributed by atoms with Gasteiger partial charge < -0.3 is 15.2 Å². The van der Waals surface area contributed by atoms with Gasteiger partial charge in [0.05, 0.1) is 18.8 Å². The Bertz CT molecular complexity index is 582. The lowest BCUT2D eigenvalue weighted by atomic mass is 10.1. The fourth-order valence-corrected chi connectivity index (χ4v) is 2.71. The van der Waals surface area contributed by atoms with Gasteiger partial charge in [-0.05, 0) is 17.7 Å². The van der Waals surface area contributed by atoms with Crippen LogP contribution in [0.2, 0.25) is 0 Å². The van der Waals surface area contributed by atoms with Gasteiger partial charge in [-0.25, -0.2) is 0 Å². The maximum Gasteiger partial charge on any atom is 0.148 e. The van der Waals surface area contributed by atoms with Crippen LogP contribution in [-0.2, 0) is 4.74 Å². The molecule has 0 unspecified atom stereocenters. The van der Waals surface area contributed by atoms with E-state index in [-0.39, 0.29) is 6.10 Å². The summed E-state index contributed by atoms with van der Waals surface area (Å²) < 4.78 is 5.78. The van der Waals surface area contributed by atoms with Gasteiger partial charge in [0, 0.05) is 32.4 Å². The van der Waals surface area contributed by atoms with Gasteiger partial charge in [0.1, 0.15) is 5.82 Å². The number of rotatable bonds is 6. The molecule has 0 aliphatic carbocycles. The molecule has 0 bridgehead atoms. The summed E-state index contributed by atoms with van der Waals surface area (Å²) in [4.78, 5) is 2.24. The third-order valence-corrected chi connectivity index (χ3v) is 3.92. The van der Waals surface area contributed by atoms with Crippen LogP contribution in [0.5, 0.6) is 0 Å². The quantitative estimate of drug-likeness (QED) is 0.838. The van der Waals surface area contributed by atoms with E-state index in [1.807, 2.05) is 42.5 Å². The molecule has 3 rings (SSSR count). The Morgan fingerprint density at radius 1 is 1.26 bits per heavy atom. The monoisotopic (exact) mass is 314 g/mol. The second kappa shape index (κ2) is 8.01. The number of benzene rings is 1. The molecular formula is C17H22N4O2. The molecule has 2 atom stereocenters. The Morgan fingerprint density at radius 2 is 2.13 bits per heavy atom. The predicted molar refractivity (Wildman–Crippen MR) is 88.1 cm³/mol. The number of aromatic nitrogens is 2. The number of aliphatic hydroxyl groups is 1. The molecule has 23 heavy (non-hydrogen) atoms. The van der Waals surface area contributed by atoms with Crippen LogP contribution in [0.3, 0.4) is 0 Å². The molecule has 2 N–H and O–H groups in total. The van der Waals surface area contributed by atoms with Crippen molar-refractivity contribution in [3.63, 3.8) is 0 Å². The largest absolute Gasteiger partial charge is 0.387 e. The third kappa shape index (κ3) is 4.72. The van der Waals surface area contributed by atoms with Gasteiger partial charge in [-0.15, -0.1) is 5.10 Å². The van der Waals surface area contributed by atoms with E-state index >= 15 is 0 Å². The molecular weight excluding hydrogens is 292 g/mol. The number of β-amino-alcohol motifs (C(OH)–C–C–N with tert-alkyl or cyclic N) is 1. The summed E-state index contributed by atoms with van der Waals surface area (Å²) in [5.74, 6) is 0.748. The van der Waals surface area contributed by atoms with Crippen molar-refractivity contribution in [2.45, 2.75) is 12.2 Å². The molecule has 1 aliphatic rings. The van der Waals surface area contributed by atoms with Crippen LogP contribution in [0.1, 0.15) is 11.7 Å². The fraction of sp³-hybridized carbons (Fsp3) is 0.412. The second-order valence-corrected chi connectivity index (χ2v) is 5.67. The van der Waals surface area contributed by atoms with E-state index in [9.17, 15) is 5.11 Å². The van der Waals surface area contributed by atoms with Crippen LogP contribution < -0.4 is 5.32 Å². The van der Waals surface area contributed by atoms with Gasteiger partial charge in [-0.2, -0.15) is 5.10 Å². The highest BCUT2D eigenvalue weighted by Crippen LogP contribution is 2.16. The van der Waals surface area contributed by atoms with Crippen molar-refractivity contribution in [1.29, 1.82) is 0 Å². The highest BCUT2D eigenvalue weighted by atomic mass is 16.5. The Morgan fingerprint density at radius 3 is 2.91 bits per heavy atom. The van der Waals surface area contributed by atoms with Crippen molar-refractivity contribution in [3.05, 3.63) is 54.2 Å². The molecule has 0 saturated carbocycles. The lowest BCUT2D eigenvalue weighted by molar-refractivity contribution is -0.0344. The summed E-state index contributed by atoms with van der Waals surface area (Å²) in [5, 5.41) is 21.4. The first-order chi connectivity index (χ1) is 11.3. The van der Waals surface area contributed by atoms with Crippen molar-refractivity contribution in [3.8, 4) is 0 Å². The first-order valence-corrected chi connectivity index (χ1v) is 7.90. The van der Waals surface area contributed by atoms with Crippen LogP contribution in [0.4, 0.5) is 5.82 Å². The lowest BCUT2D eigenvalue weighted by Crippen LogP contribution is -2.46. The first kappa shape index (κ1) is 15.9. The fourth-order valence-electron chi connectivity index (χ4n) is 2.71. The number of hydrogen-bond donors (Lipinski definition) is 2. The normalized spacial score (nSPS) is 20.1. The first-order valence-electron chi connectivity index (χ1n) is 7.90. The number of aliphatic hydroxyl groups excluding tert-OH is 1. The summed E-state index contributed by atoms with van der Waals surface area (Å²) in [6.07, 6.45) is 1.26. The molecule has 122 valence electrons. The molecule has 1 fully saturated rings. The lowest BCUT2D eigenvalue weighted by Gasteiger charge is -2.34. The molecule has 1 aromatic heterocycles. The molecule has 0 amide bonds. The van der Waals surface area contributed by atoms with Crippen LogP contribution >= 0.6 is 0 Å². The van der Waals surface area contributed by atoms with Crippen molar-refractivity contribution >= 4 is 5.82 Å². The zero-order chi connectivity index (χ0) is 15.9. The third-order valence-electron chi connectivity index (χ3n) is 3.92. The maximum atomic E-state index is 10.4.